The molecule has 64 valence electrons. The molecule has 12 heavy (non-hydrogen) atoms. The largest absolute Gasteiger partial charge is 0.302 e. The van der Waals surface area contributed by atoms with Crippen LogP contribution in [0.4, 0.5) is 0 Å². The zero-order chi connectivity index (χ0) is 8.97. The Kier molecular flexibility index (Phi) is 3.48. The zero-order valence-corrected chi connectivity index (χ0v) is 8.49. The molecule has 0 aliphatic rings. The van der Waals surface area contributed by atoms with Crippen LogP contribution in [0, 0.1) is 0 Å². The highest BCUT2D eigenvalue weighted by atomic mass is 79.9. The Hall–Kier alpha value is -0.630. The van der Waals surface area contributed by atoms with Crippen molar-refractivity contribution in [1.29, 1.82) is 0 Å². The topological polar surface area (TPSA) is 17.1 Å². The van der Waals surface area contributed by atoms with E-state index in [9.17, 15) is 4.79 Å². The Morgan fingerprint density at radius 3 is 2.42 bits per heavy atom. The van der Waals surface area contributed by atoms with Crippen LogP contribution in [0.5, 0.6) is 0 Å². The van der Waals surface area contributed by atoms with E-state index in [1.807, 2.05) is 37.3 Å². The van der Waals surface area contributed by atoms with Gasteiger partial charge in [-0.1, -0.05) is 53.2 Å². The van der Waals surface area contributed by atoms with Crippen LogP contribution in [0.25, 0.3) is 0 Å². The fourth-order valence-corrected chi connectivity index (χ4v) is 1.36. The maximum atomic E-state index is 10.5. The van der Waals surface area contributed by atoms with Crippen molar-refractivity contribution in [2.45, 2.75) is 17.7 Å². The first-order valence-electron chi connectivity index (χ1n) is 3.90. The van der Waals surface area contributed by atoms with Gasteiger partial charge in [0.05, 0.1) is 4.83 Å². The van der Waals surface area contributed by atoms with E-state index in [1.165, 1.54) is 5.56 Å². The Morgan fingerprint density at radius 1 is 1.33 bits per heavy atom. The smallest absolute Gasteiger partial charge is 0.134 e. The van der Waals surface area contributed by atoms with Gasteiger partial charge in [0.2, 0.25) is 0 Å². The highest BCUT2D eigenvalue weighted by molar-refractivity contribution is 9.10. The second kappa shape index (κ2) is 4.41. The summed E-state index contributed by atoms with van der Waals surface area (Å²) < 4.78 is 0. The van der Waals surface area contributed by atoms with Crippen molar-refractivity contribution < 1.29 is 4.79 Å². The van der Waals surface area contributed by atoms with Crippen molar-refractivity contribution >= 4 is 22.2 Å². The van der Waals surface area contributed by atoms with E-state index in [0.29, 0.717) is 0 Å². The van der Waals surface area contributed by atoms with E-state index in [1.54, 1.807) is 0 Å². The maximum Gasteiger partial charge on any atom is 0.134 e. The molecule has 0 heterocycles. The van der Waals surface area contributed by atoms with Crippen LogP contribution < -0.4 is 0 Å². The number of carbonyl (C=O) groups excluding carboxylic acids is 1. The van der Waals surface area contributed by atoms with E-state index < -0.39 is 0 Å². The second-order valence-electron chi connectivity index (χ2n) is 2.78. The molecule has 0 saturated heterocycles. The van der Waals surface area contributed by atoms with Crippen LogP contribution >= 0.6 is 15.9 Å². The molecule has 0 aliphatic heterocycles. The standard InChI is InChI=1S/C10H11BrO/c1-8(10(11)7-12)9-5-3-2-4-6-9/h2-8,10H,1H3. The number of hydrogen-bond donors (Lipinski definition) is 0. The van der Waals surface area contributed by atoms with Crippen molar-refractivity contribution in [3.63, 3.8) is 0 Å². The van der Waals surface area contributed by atoms with Crippen LogP contribution in [0.3, 0.4) is 0 Å². The molecule has 0 N–H and O–H groups in total. The number of carbonyl (C=O) groups is 1. The zero-order valence-electron chi connectivity index (χ0n) is 6.91. The summed E-state index contributed by atoms with van der Waals surface area (Å²) in [6.45, 7) is 2.03. The lowest BCUT2D eigenvalue weighted by Crippen LogP contribution is -2.09. The third kappa shape index (κ3) is 2.18. The summed E-state index contributed by atoms with van der Waals surface area (Å²) in [4.78, 5) is 10.4. The lowest BCUT2D eigenvalue weighted by atomic mass is 9.99. The molecule has 0 saturated carbocycles. The number of rotatable bonds is 3. The van der Waals surface area contributed by atoms with E-state index in [0.717, 1.165) is 6.29 Å². The van der Waals surface area contributed by atoms with Gasteiger partial charge in [-0.2, -0.15) is 0 Å². The lowest BCUT2D eigenvalue weighted by Gasteiger charge is -2.12. The molecule has 0 aliphatic carbocycles. The third-order valence-electron chi connectivity index (χ3n) is 1.93. The highest BCUT2D eigenvalue weighted by Crippen LogP contribution is 2.22. The van der Waals surface area contributed by atoms with Gasteiger partial charge in [0.15, 0.2) is 0 Å². The van der Waals surface area contributed by atoms with Gasteiger partial charge in [0, 0.05) is 5.92 Å². The van der Waals surface area contributed by atoms with Gasteiger partial charge in [0.1, 0.15) is 6.29 Å². The average Bonchev–Trinajstić information content (AvgIpc) is 2.17. The minimum Gasteiger partial charge on any atom is -0.302 e. The molecule has 1 rings (SSSR count). The first-order chi connectivity index (χ1) is 5.75. The lowest BCUT2D eigenvalue weighted by molar-refractivity contribution is -0.107. The van der Waals surface area contributed by atoms with Crippen molar-refractivity contribution in [1.82, 2.24) is 0 Å². The molecule has 0 spiro atoms. The molecule has 0 fully saturated rings. The summed E-state index contributed by atoms with van der Waals surface area (Å²) in [6.07, 6.45) is 0.928. The van der Waals surface area contributed by atoms with Crippen LogP contribution in [0.2, 0.25) is 0 Å². The van der Waals surface area contributed by atoms with Crippen LogP contribution in [-0.4, -0.2) is 11.1 Å². The fraction of sp³-hybridized carbons (Fsp3) is 0.300. The monoisotopic (exact) mass is 226 g/mol. The van der Waals surface area contributed by atoms with Crippen molar-refractivity contribution in [2.24, 2.45) is 0 Å². The van der Waals surface area contributed by atoms with Gasteiger partial charge >= 0.3 is 0 Å². The Balaban J connectivity index is 2.78. The minimum absolute atomic E-state index is 0.0834. The van der Waals surface area contributed by atoms with Crippen LogP contribution in [0.15, 0.2) is 30.3 Å². The van der Waals surface area contributed by atoms with Gasteiger partial charge in [-0.3, -0.25) is 0 Å². The molecule has 2 heteroatoms. The molecule has 0 radical (unpaired) electrons. The summed E-state index contributed by atoms with van der Waals surface area (Å²) in [5.41, 5.74) is 1.19. The first kappa shape index (κ1) is 9.46. The summed E-state index contributed by atoms with van der Waals surface area (Å²) in [6, 6.07) is 10.00. The van der Waals surface area contributed by atoms with Gasteiger partial charge < -0.3 is 4.79 Å². The van der Waals surface area contributed by atoms with E-state index >= 15 is 0 Å². The van der Waals surface area contributed by atoms with Crippen molar-refractivity contribution in [3.8, 4) is 0 Å². The van der Waals surface area contributed by atoms with E-state index in [-0.39, 0.29) is 10.7 Å². The van der Waals surface area contributed by atoms with Gasteiger partial charge in [-0.25, -0.2) is 0 Å². The summed E-state index contributed by atoms with van der Waals surface area (Å²) >= 11 is 3.31. The van der Waals surface area contributed by atoms with Crippen molar-refractivity contribution in [2.75, 3.05) is 0 Å². The molecule has 0 bridgehead atoms. The summed E-state index contributed by atoms with van der Waals surface area (Å²) in [5, 5.41) is 0. The van der Waals surface area contributed by atoms with Crippen molar-refractivity contribution in [3.05, 3.63) is 35.9 Å². The highest BCUT2D eigenvalue weighted by Gasteiger charge is 2.13. The molecule has 2 unspecified atom stereocenters. The minimum atomic E-state index is -0.0834. The third-order valence-corrected chi connectivity index (χ3v) is 2.94. The van der Waals surface area contributed by atoms with Gasteiger partial charge in [-0.15, -0.1) is 0 Å². The van der Waals surface area contributed by atoms with Gasteiger partial charge in [0.25, 0.3) is 0 Å². The summed E-state index contributed by atoms with van der Waals surface area (Å²) in [5.74, 6) is 0.240. The number of halogens is 1. The number of alkyl halides is 1. The van der Waals surface area contributed by atoms with E-state index in [2.05, 4.69) is 15.9 Å². The predicted octanol–water partition coefficient (Wildman–Crippen LogP) is 2.75. The fourth-order valence-electron chi connectivity index (χ4n) is 1.06. The first-order valence-corrected chi connectivity index (χ1v) is 4.81. The Morgan fingerprint density at radius 2 is 1.92 bits per heavy atom. The van der Waals surface area contributed by atoms with Crippen LogP contribution in [0.1, 0.15) is 18.4 Å². The van der Waals surface area contributed by atoms with Crippen LogP contribution in [-0.2, 0) is 4.79 Å². The Bertz CT molecular complexity index is 245. The molecule has 2 atom stereocenters. The maximum absolute atomic E-state index is 10.5. The molecular weight excluding hydrogens is 216 g/mol. The molecule has 0 amide bonds. The number of aldehydes is 1. The van der Waals surface area contributed by atoms with Gasteiger partial charge in [-0.05, 0) is 5.56 Å². The second-order valence-corrected chi connectivity index (χ2v) is 3.84. The molecular formula is C10H11BrO. The molecule has 1 aromatic carbocycles. The average molecular weight is 227 g/mol. The quantitative estimate of drug-likeness (QED) is 0.573. The summed E-state index contributed by atoms with van der Waals surface area (Å²) in [7, 11) is 0. The Labute approximate surface area is 80.9 Å². The predicted molar refractivity (Wildman–Crippen MR) is 53.6 cm³/mol. The SMILES string of the molecule is CC(c1ccccc1)C(Br)C=O. The normalized spacial score (nSPS) is 15.2. The number of hydrogen-bond acceptors (Lipinski definition) is 1. The molecule has 0 aromatic heterocycles. The molecule has 1 nitrogen and oxygen atoms in total. The van der Waals surface area contributed by atoms with E-state index in [4.69, 9.17) is 0 Å². The number of benzene rings is 1. The molecule has 1 aromatic rings.